The van der Waals surface area contributed by atoms with Gasteiger partial charge in [-0.25, -0.2) is 4.98 Å². The Balaban J connectivity index is 2.38. The van der Waals surface area contributed by atoms with Gasteiger partial charge in [0, 0.05) is 29.0 Å². The maximum Gasteiger partial charge on any atom is 0.142 e. The molecule has 96 valence electrons. The van der Waals surface area contributed by atoms with Gasteiger partial charge >= 0.3 is 0 Å². The summed E-state index contributed by atoms with van der Waals surface area (Å²) in [6.07, 6.45) is 3.97. The molecule has 1 unspecified atom stereocenters. The molecule has 0 aliphatic carbocycles. The minimum absolute atomic E-state index is 0.694. The van der Waals surface area contributed by atoms with E-state index in [1.807, 2.05) is 35.9 Å². The first-order valence-electron chi connectivity index (χ1n) is 6.08. The van der Waals surface area contributed by atoms with Crippen LogP contribution in [0.5, 0.6) is 0 Å². The van der Waals surface area contributed by atoms with E-state index in [4.69, 9.17) is 0 Å². The average molecular weight is 309 g/mol. The highest BCUT2D eigenvalue weighted by molar-refractivity contribution is 9.10. The third-order valence-corrected chi connectivity index (χ3v) is 3.63. The number of halogens is 1. The lowest BCUT2D eigenvalue weighted by Gasteiger charge is -2.15. The topological polar surface area (TPSA) is 38.0 Å². The summed E-state index contributed by atoms with van der Waals surface area (Å²) in [6, 6.07) is 5.96. The Hall–Kier alpha value is -1.13. The van der Waals surface area contributed by atoms with Crippen molar-refractivity contribution in [2.45, 2.75) is 32.9 Å². The van der Waals surface area contributed by atoms with Crippen molar-refractivity contribution < 1.29 is 5.11 Å². The second kappa shape index (κ2) is 5.67. The van der Waals surface area contributed by atoms with Crippen LogP contribution in [0.25, 0.3) is 0 Å². The van der Waals surface area contributed by atoms with E-state index < -0.39 is 6.10 Å². The standard InChI is InChI=1S/C14H17BrN2O/c1-3-7-17-8-6-16-14(17)13(18)11-9-10(2)4-5-12(11)15/h4-6,8-9,13,18H,3,7H2,1-2H3. The number of aliphatic hydroxyl groups excluding tert-OH is 1. The number of hydrogen-bond donors (Lipinski definition) is 1. The number of hydrogen-bond acceptors (Lipinski definition) is 2. The Morgan fingerprint density at radius 1 is 1.44 bits per heavy atom. The van der Waals surface area contributed by atoms with Crippen molar-refractivity contribution in [3.63, 3.8) is 0 Å². The SMILES string of the molecule is CCCn1ccnc1C(O)c1cc(C)ccc1Br. The van der Waals surface area contributed by atoms with E-state index in [0.717, 1.165) is 28.6 Å². The van der Waals surface area contributed by atoms with Gasteiger partial charge in [-0.3, -0.25) is 0 Å². The fraction of sp³-hybridized carbons (Fsp3) is 0.357. The molecule has 0 radical (unpaired) electrons. The molecule has 3 nitrogen and oxygen atoms in total. The predicted molar refractivity (Wildman–Crippen MR) is 75.5 cm³/mol. The summed E-state index contributed by atoms with van der Waals surface area (Å²) in [5, 5.41) is 10.5. The van der Waals surface area contributed by atoms with E-state index in [9.17, 15) is 5.11 Å². The van der Waals surface area contributed by atoms with Crippen molar-refractivity contribution in [2.75, 3.05) is 0 Å². The summed E-state index contributed by atoms with van der Waals surface area (Å²) in [5.41, 5.74) is 1.99. The fourth-order valence-electron chi connectivity index (χ4n) is 2.01. The number of aryl methyl sites for hydroxylation is 2. The van der Waals surface area contributed by atoms with Crippen LogP contribution in [-0.2, 0) is 6.54 Å². The van der Waals surface area contributed by atoms with Crippen LogP contribution in [0.15, 0.2) is 35.1 Å². The van der Waals surface area contributed by atoms with E-state index in [1.54, 1.807) is 6.20 Å². The lowest BCUT2D eigenvalue weighted by atomic mass is 10.1. The van der Waals surface area contributed by atoms with Crippen molar-refractivity contribution >= 4 is 15.9 Å². The maximum atomic E-state index is 10.5. The quantitative estimate of drug-likeness (QED) is 0.939. The molecule has 1 aromatic carbocycles. The van der Waals surface area contributed by atoms with Crippen molar-refractivity contribution in [1.29, 1.82) is 0 Å². The number of aromatic nitrogens is 2. The molecule has 0 saturated carbocycles. The molecule has 0 amide bonds. The first-order valence-corrected chi connectivity index (χ1v) is 6.88. The number of benzene rings is 1. The Morgan fingerprint density at radius 2 is 2.22 bits per heavy atom. The van der Waals surface area contributed by atoms with Gasteiger partial charge in [0.1, 0.15) is 11.9 Å². The first-order chi connectivity index (χ1) is 8.63. The molecule has 4 heteroatoms. The summed E-state index contributed by atoms with van der Waals surface area (Å²) in [4.78, 5) is 4.27. The molecule has 0 fully saturated rings. The Morgan fingerprint density at radius 3 is 2.94 bits per heavy atom. The molecular weight excluding hydrogens is 292 g/mol. The van der Waals surface area contributed by atoms with Gasteiger partial charge in [0.2, 0.25) is 0 Å². The summed E-state index contributed by atoms with van der Waals surface area (Å²) in [7, 11) is 0. The molecule has 0 spiro atoms. The number of aliphatic hydroxyl groups is 1. The minimum Gasteiger partial charge on any atom is -0.380 e. The van der Waals surface area contributed by atoms with E-state index in [1.165, 1.54) is 0 Å². The molecule has 0 saturated heterocycles. The zero-order chi connectivity index (χ0) is 13.1. The van der Waals surface area contributed by atoms with Crippen LogP contribution in [-0.4, -0.2) is 14.7 Å². The van der Waals surface area contributed by atoms with Crippen LogP contribution in [0.3, 0.4) is 0 Å². The van der Waals surface area contributed by atoms with Crippen LogP contribution >= 0.6 is 15.9 Å². The van der Waals surface area contributed by atoms with Gasteiger partial charge in [-0.1, -0.05) is 40.5 Å². The smallest absolute Gasteiger partial charge is 0.142 e. The van der Waals surface area contributed by atoms with E-state index in [2.05, 4.69) is 27.8 Å². The summed E-state index contributed by atoms with van der Waals surface area (Å²) in [5.74, 6) is 0.697. The van der Waals surface area contributed by atoms with Crippen LogP contribution in [0.1, 0.15) is 36.4 Å². The zero-order valence-corrected chi connectivity index (χ0v) is 12.2. The van der Waals surface area contributed by atoms with Crippen molar-refractivity contribution in [3.05, 3.63) is 52.0 Å². The summed E-state index contributed by atoms with van der Waals surface area (Å²) >= 11 is 3.48. The van der Waals surface area contributed by atoms with Crippen LogP contribution in [0.2, 0.25) is 0 Å². The molecule has 18 heavy (non-hydrogen) atoms. The van der Waals surface area contributed by atoms with Gasteiger partial charge in [-0.15, -0.1) is 0 Å². The largest absolute Gasteiger partial charge is 0.380 e. The molecule has 1 heterocycles. The third kappa shape index (κ3) is 2.65. The van der Waals surface area contributed by atoms with E-state index in [0.29, 0.717) is 5.82 Å². The Labute approximate surface area is 116 Å². The molecule has 0 bridgehead atoms. The lowest BCUT2D eigenvalue weighted by molar-refractivity contribution is 0.203. The second-order valence-electron chi connectivity index (χ2n) is 4.41. The summed E-state index contributed by atoms with van der Waals surface area (Å²) < 4.78 is 2.91. The van der Waals surface area contributed by atoms with Gasteiger partial charge in [0.25, 0.3) is 0 Å². The highest BCUT2D eigenvalue weighted by Gasteiger charge is 2.18. The van der Waals surface area contributed by atoms with Crippen LogP contribution < -0.4 is 0 Å². The van der Waals surface area contributed by atoms with Gasteiger partial charge in [0.05, 0.1) is 0 Å². The molecule has 0 aliphatic rings. The van der Waals surface area contributed by atoms with Crippen LogP contribution in [0, 0.1) is 6.92 Å². The minimum atomic E-state index is -0.694. The van der Waals surface area contributed by atoms with Crippen LogP contribution in [0.4, 0.5) is 0 Å². The third-order valence-electron chi connectivity index (χ3n) is 2.90. The Kier molecular flexibility index (Phi) is 4.19. The summed E-state index contributed by atoms with van der Waals surface area (Å²) in [6.45, 7) is 5.00. The molecule has 0 aliphatic heterocycles. The maximum absolute atomic E-state index is 10.5. The monoisotopic (exact) mass is 308 g/mol. The zero-order valence-electron chi connectivity index (χ0n) is 10.6. The molecule has 1 atom stereocenters. The second-order valence-corrected chi connectivity index (χ2v) is 5.26. The van der Waals surface area contributed by atoms with E-state index in [-0.39, 0.29) is 0 Å². The lowest BCUT2D eigenvalue weighted by Crippen LogP contribution is -2.10. The predicted octanol–water partition coefficient (Wildman–Crippen LogP) is 3.45. The van der Waals surface area contributed by atoms with Crippen molar-refractivity contribution in [3.8, 4) is 0 Å². The number of nitrogens with zero attached hydrogens (tertiary/aromatic N) is 2. The van der Waals surface area contributed by atoms with Crippen molar-refractivity contribution in [2.24, 2.45) is 0 Å². The highest BCUT2D eigenvalue weighted by atomic mass is 79.9. The molecule has 2 aromatic rings. The van der Waals surface area contributed by atoms with Gasteiger partial charge < -0.3 is 9.67 Å². The van der Waals surface area contributed by atoms with Gasteiger partial charge in [-0.2, -0.15) is 0 Å². The molecule has 2 rings (SSSR count). The van der Waals surface area contributed by atoms with E-state index >= 15 is 0 Å². The van der Waals surface area contributed by atoms with Crippen molar-refractivity contribution in [1.82, 2.24) is 9.55 Å². The fourth-order valence-corrected chi connectivity index (χ4v) is 2.47. The Bertz CT molecular complexity index is 536. The number of rotatable bonds is 4. The highest BCUT2D eigenvalue weighted by Crippen LogP contribution is 2.28. The normalized spacial score (nSPS) is 12.7. The molecule has 1 aromatic heterocycles. The van der Waals surface area contributed by atoms with Gasteiger partial charge in [0.15, 0.2) is 0 Å². The first kappa shape index (κ1) is 13.3. The molecular formula is C14H17BrN2O. The average Bonchev–Trinajstić information content (AvgIpc) is 2.80. The molecule has 1 N–H and O–H groups in total. The number of imidazole rings is 1. The van der Waals surface area contributed by atoms with Gasteiger partial charge in [-0.05, 0) is 19.4 Å².